The van der Waals surface area contributed by atoms with E-state index in [1.807, 2.05) is 25.1 Å². The van der Waals surface area contributed by atoms with Gasteiger partial charge in [-0.15, -0.1) is 0 Å². The summed E-state index contributed by atoms with van der Waals surface area (Å²) < 4.78 is 0. The van der Waals surface area contributed by atoms with E-state index in [4.69, 9.17) is 5.11 Å². The molecule has 0 spiro atoms. The lowest BCUT2D eigenvalue weighted by molar-refractivity contribution is -0.139. The third kappa shape index (κ3) is 2.77. The largest absolute Gasteiger partial charge is 0.480 e. The zero-order chi connectivity index (χ0) is 14.7. The number of carbonyl (C=O) groups is 2. The second kappa shape index (κ2) is 5.69. The highest BCUT2D eigenvalue weighted by Gasteiger charge is 2.20. The number of amides is 1. The van der Waals surface area contributed by atoms with Crippen LogP contribution in [0.4, 0.5) is 0 Å². The molecular formula is C15H16N2O3. The number of fused-ring (bicyclic) bond motifs is 1. The van der Waals surface area contributed by atoms with Crippen LogP contribution in [0.15, 0.2) is 30.3 Å². The summed E-state index contributed by atoms with van der Waals surface area (Å²) in [5.41, 5.74) is 1.79. The predicted octanol–water partition coefficient (Wildman–Crippen LogP) is 2.14. The van der Waals surface area contributed by atoms with E-state index in [1.165, 1.54) is 0 Å². The number of nitrogens with zero attached hydrogens (tertiary/aromatic N) is 1. The number of carboxylic acids is 1. The van der Waals surface area contributed by atoms with Crippen molar-refractivity contribution in [2.45, 2.75) is 26.3 Å². The molecule has 2 rings (SSSR count). The topological polar surface area (TPSA) is 79.3 Å². The van der Waals surface area contributed by atoms with Crippen LogP contribution in [0.3, 0.4) is 0 Å². The molecule has 0 saturated carbocycles. The van der Waals surface area contributed by atoms with Crippen LogP contribution >= 0.6 is 0 Å². The smallest absolute Gasteiger partial charge is 0.326 e. The maximum atomic E-state index is 12.2. The number of hydrogen-bond donors (Lipinski definition) is 2. The number of aliphatic carboxylic acids is 1. The molecule has 1 heterocycles. The van der Waals surface area contributed by atoms with Gasteiger partial charge in [0.15, 0.2) is 0 Å². The van der Waals surface area contributed by atoms with Crippen LogP contribution in [0, 0.1) is 6.92 Å². The minimum atomic E-state index is -1.04. The van der Waals surface area contributed by atoms with Gasteiger partial charge in [0.1, 0.15) is 6.04 Å². The summed E-state index contributed by atoms with van der Waals surface area (Å²) in [5, 5.41) is 12.4. The van der Waals surface area contributed by atoms with Gasteiger partial charge in [0.25, 0.3) is 5.91 Å². The molecule has 2 N–H and O–H groups in total. The Labute approximate surface area is 116 Å². The molecule has 5 nitrogen and oxygen atoms in total. The van der Waals surface area contributed by atoms with Crippen LogP contribution in [-0.2, 0) is 4.79 Å². The van der Waals surface area contributed by atoms with Crippen LogP contribution in [0.25, 0.3) is 10.9 Å². The Balaban J connectivity index is 2.39. The molecule has 1 aromatic heterocycles. The number of nitrogens with one attached hydrogen (secondary N) is 1. The van der Waals surface area contributed by atoms with E-state index in [-0.39, 0.29) is 0 Å². The maximum absolute atomic E-state index is 12.2. The monoisotopic (exact) mass is 272 g/mol. The number of hydrogen-bond acceptors (Lipinski definition) is 3. The van der Waals surface area contributed by atoms with Gasteiger partial charge in [-0.2, -0.15) is 0 Å². The Kier molecular flexibility index (Phi) is 3.98. The number of para-hydroxylation sites is 1. The molecule has 0 aliphatic carbocycles. The average Bonchev–Trinajstić information content (AvgIpc) is 2.43. The van der Waals surface area contributed by atoms with Crippen LogP contribution in [-0.4, -0.2) is 28.0 Å². The van der Waals surface area contributed by atoms with E-state index in [2.05, 4.69) is 10.3 Å². The van der Waals surface area contributed by atoms with Crippen molar-refractivity contribution in [1.82, 2.24) is 10.3 Å². The zero-order valence-electron chi connectivity index (χ0n) is 11.4. The molecule has 20 heavy (non-hydrogen) atoms. The zero-order valence-corrected chi connectivity index (χ0v) is 11.4. The van der Waals surface area contributed by atoms with Crippen molar-refractivity contribution in [3.8, 4) is 0 Å². The highest BCUT2D eigenvalue weighted by atomic mass is 16.4. The van der Waals surface area contributed by atoms with Gasteiger partial charge in [0.05, 0.1) is 11.1 Å². The summed E-state index contributed by atoms with van der Waals surface area (Å²) in [7, 11) is 0. The van der Waals surface area contributed by atoms with Gasteiger partial charge in [0, 0.05) is 11.1 Å². The van der Waals surface area contributed by atoms with Crippen molar-refractivity contribution in [3.63, 3.8) is 0 Å². The minimum absolute atomic E-state index is 0.332. The molecule has 2 aromatic rings. The van der Waals surface area contributed by atoms with Gasteiger partial charge >= 0.3 is 5.97 Å². The molecule has 1 atom stereocenters. The van der Waals surface area contributed by atoms with Gasteiger partial charge in [-0.1, -0.05) is 25.1 Å². The summed E-state index contributed by atoms with van der Waals surface area (Å²) in [6.45, 7) is 3.56. The van der Waals surface area contributed by atoms with Gasteiger partial charge < -0.3 is 10.4 Å². The number of benzene rings is 1. The number of aromatic nitrogens is 1. The van der Waals surface area contributed by atoms with Gasteiger partial charge in [-0.25, -0.2) is 4.79 Å². The van der Waals surface area contributed by atoms with Crippen molar-refractivity contribution in [3.05, 3.63) is 41.6 Å². The quantitative estimate of drug-likeness (QED) is 0.893. The fraction of sp³-hybridized carbons (Fsp3) is 0.267. The fourth-order valence-corrected chi connectivity index (χ4v) is 2.00. The molecule has 1 aromatic carbocycles. The second-order valence-electron chi connectivity index (χ2n) is 4.60. The molecule has 0 radical (unpaired) electrons. The Morgan fingerprint density at radius 2 is 2.05 bits per heavy atom. The van der Waals surface area contributed by atoms with Crippen LogP contribution in [0.1, 0.15) is 29.4 Å². The molecule has 1 amide bonds. The summed E-state index contributed by atoms with van der Waals surface area (Å²) in [6, 6.07) is 8.16. The van der Waals surface area contributed by atoms with Gasteiger partial charge in [-0.3, -0.25) is 9.78 Å². The normalized spacial score (nSPS) is 12.1. The third-order valence-electron chi connectivity index (χ3n) is 3.12. The molecule has 104 valence electrons. The minimum Gasteiger partial charge on any atom is -0.480 e. The molecule has 1 unspecified atom stereocenters. The molecule has 5 heteroatoms. The van der Waals surface area contributed by atoms with E-state index in [9.17, 15) is 9.59 Å². The third-order valence-corrected chi connectivity index (χ3v) is 3.12. The standard InChI is InChI=1S/C15H16N2O3/c1-3-12(15(19)20)17-14(18)11-6-4-5-10-8-7-9(2)16-13(10)11/h4-8,12H,3H2,1-2H3,(H,17,18)(H,19,20). The molecule has 0 bridgehead atoms. The van der Waals surface area contributed by atoms with Gasteiger partial charge in [-0.05, 0) is 25.5 Å². The molecule has 0 aliphatic heterocycles. The van der Waals surface area contributed by atoms with Crippen molar-refractivity contribution in [2.24, 2.45) is 0 Å². The molecule has 0 saturated heterocycles. The Morgan fingerprint density at radius 3 is 2.70 bits per heavy atom. The van der Waals surface area contributed by atoms with Crippen molar-refractivity contribution in [1.29, 1.82) is 0 Å². The Hall–Kier alpha value is -2.43. The summed E-state index contributed by atoms with van der Waals surface area (Å²) in [6.07, 6.45) is 0.332. The number of pyridine rings is 1. The second-order valence-corrected chi connectivity index (χ2v) is 4.60. The first kappa shape index (κ1) is 14.0. The predicted molar refractivity (Wildman–Crippen MR) is 75.7 cm³/mol. The first-order valence-corrected chi connectivity index (χ1v) is 6.43. The van der Waals surface area contributed by atoms with Crippen LogP contribution in [0.2, 0.25) is 0 Å². The molecular weight excluding hydrogens is 256 g/mol. The first-order chi connectivity index (χ1) is 9.52. The molecule has 0 aliphatic rings. The lowest BCUT2D eigenvalue weighted by Gasteiger charge is -2.13. The number of carboxylic acid groups (broad SMARTS) is 1. The van der Waals surface area contributed by atoms with E-state index >= 15 is 0 Å². The lowest BCUT2D eigenvalue weighted by atomic mass is 10.1. The summed E-state index contributed by atoms with van der Waals surface area (Å²) in [5.74, 6) is -1.45. The molecule has 0 fully saturated rings. The lowest BCUT2D eigenvalue weighted by Crippen LogP contribution is -2.40. The van der Waals surface area contributed by atoms with Crippen LogP contribution in [0.5, 0.6) is 0 Å². The van der Waals surface area contributed by atoms with Crippen molar-refractivity contribution >= 4 is 22.8 Å². The van der Waals surface area contributed by atoms with Crippen LogP contribution < -0.4 is 5.32 Å². The summed E-state index contributed by atoms with van der Waals surface area (Å²) in [4.78, 5) is 27.6. The van der Waals surface area contributed by atoms with Crippen molar-refractivity contribution < 1.29 is 14.7 Å². The van der Waals surface area contributed by atoms with E-state index < -0.39 is 17.9 Å². The maximum Gasteiger partial charge on any atom is 0.326 e. The van der Waals surface area contributed by atoms with E-state index in [1.54, 1.807) is 19.1 Å². The number of rotatable bonds is 4. The van der Waals surface area contributed by atoms with Crippen molar-refractivity contribution in [2.75, 3.05) is 0 Å². The number of aryl methyl sites for hydroxylation is 1. The van der Waals surface area contributed by atoms with E-state index in [0.29, 0.717) is 17.5 Å². The first-order valence-electron chi connectivity index (χ1n) is 6.43. The Bertz CT molecular complexity index is 667. The highest BCUT2D eigenvalue weighted by molar-refractivity contribution is 6.06. The number of carbonyl (C=O) groups excluding carboxylic acids is 1. The van der Waals surface area contributed by atoms with E-state index in [0.717, 1.165) is 11.1 Å². The van der Waals surface area contributed by atoms with Gasteiger partial charge in [0.2, 0.25) is 0 Å². The average molecular weight is 272 g/mol. The highest BCUT2D eigenvalue weighted by Crippen LogP contribution is 2.17. The SMILES string of the molecule is CCC(NC(=O)c1cccc2ccc(C)nc12)C(=O)O. The summed E-state index contributed by atoms with van der Waals surface area (Å²) >= 11 is 0. The Morgan fingerprint density at radius 1 is 1.30 bits per heavy atom. The fourth-order valence-electron chi connectivity index (χ4n) is 2.00.